The fourth-order valence-corrected chi connectivity index (χ4v) is 3.42. The summed E-state index contributed by atoms with van der Waals surface area (Å²) in [4.78, 5) is 25.7. The van der Waals surface area contributed by atoms with Gasteiger partial charge in [0.05, 0.1) is 23.6 Å². The van der Waals surface area contributed by atoms with E-state index >= 15 is 0 Å². The predicted molar refractivity (Wildman–Crippen MR) is 103 cm³/mol. The van der Waals surface area contributed by atoms with Crippen LogP contribution in [0.2, 0.25) is 0 Å². The fraction of sp³-hybridized carbons (Fsp3) is 0.273. The molecule has 2 aromatic carbocycles. The number of rotatable bonds is 4. The summed E-state index contributed by atoms with van der Waals surface area (Å²) in [5, 5.41) is 3.37. The maximum Gasteiger partial charge on any atom is 0.288 e. The second-order valence-corrected chi connectivity index (χ2v) is 6.93. The number of nitrogens with one attached hydrogen (secondary N) is 1. The van der Waals surface area contributed by atoms with Crippen molar-refractivity contribution in [2.45, 2.75) is 33.2 Å². The van der Waals surface area contributed by atoms with Gasteiger partial charge in [-0.3, -0.25) is 9.59 Å². The Morgan fingerprint density at radius 1 is 1.11 bits per heavy atom. The van der Waals surface area contributed by atoms with Crippen LogP contribution in [0.15, 0.2) is 45.6 Å². The van der Waals surface area contributed by atoms with Gasteiger partial charge in [0.15, 0.2) is 5.43 Å². The summed E-state index contributed by atoms with van der Waals surface area (Å²) in [7, 11) is 0. The fourth-order valence-electron chi connectivity index (χ4n) is 3.42. The number of hydrogen-bond donors (Lipinski definition) is 1. The van der Waals surface area contributed by atoms with Gasteiger partial charge in [-0.25, -0.2) is 0 Å². The Balaban J connectivity index is 1.87. The molecule has 1 unspecified atom stereocenters. The van der Waals surface area contributed by atoms with Gasteiger partial charge in [0.25, 0.3) is 5.91 Å². The monoisotopic (exact) mass is 363 g/mol. The third kappa shape index (κ3) is 2.89. The number of fused-ring (bicyclic) bond motifs is 2. The molecule has 138 valence electrons. The molecule has 1 N–H and O–H groups in total. The number of hydrogen-bond acceptors (Lipinski definition) is 4. The van der Waals surface area contributed by atoms with Gasteiger partial charge in [0, 0.05) is 0 Å². The summed E-state index contributed by atoms with van der Waals surface area (Å²) in [5.41, 5.74) is 3.46. The van der Waals surface area contributed by atoms with Crippen molar-refractivity contribution in [2.75, 3.05) is 6.61 Å². The van der Waals surface area contributed by atoms with Crippen LogP contribution < -0.4 is 15.5 Å². The minimum Gasteiger partial charge on any atom is -0.494 e. The molecular weight excluding hydrogens is 342 g/mol. The van der Waals surface area contributed by atoms with E-state index in [4.69, 9.17) is 9.15 Å². The molecular formula is C22H21NO4. The molecule has 0 saturated heterocycles. The summed E-state index contributed by atoms with van der Waals surface area (Å²) in [6.45, 7) is 6.56. The Kier molecular flexibility index (Phi) is 4.22. The van der Waals surface area contributed by atoms with Crippen molar-refractivity contribution >= 4 is 16.9 Å². The highest BCUT2D eigenvalue weighted by Gasteiger charge is 2.36. The molecule has 1 aliphatic heterocycles. The van der Waals surface area contributed by atoms with E-state index in [-0.39, 0.29) is 17.1 Å². The highest BCUT2D eigenvalue weighted by Crippen LogP contribution is 2.32. The highest BCUT2D eigenvalue weighted by atomic mass is 16.5. The molecule has 0 radical (unpaired) electrons. The molecule has 0 bridgehead atoms. The number of carbonyl (C=O) groups is 1. The highest BCUT2D eigenvalue weighted by molar-refractivity contribution is 5.99. The van der Waals surface area contributed by atoms with Crippen LogP contribution in [0.25, 0.3) is 11.0 Å². The number of carbonyl (C=O) groups excluding carboxylic acids is 1. The zero-order valence-electron chi connectivity index (χ0n) is 15.6. The Bertz CT molecular complexity index is 1110. The summed E-state index contributed by atoms with van der Waals surface area (Å²) < 4.78 is 11.5. The van der Waals surface area contributed by atoms with Gasteiger partial charge < -0.3 is 14.5 Å². The Labute approximate surface area is 157 Å². The average Bonchev–Trinajstić information content (AvgIpc) is 2.99. The lowest BCUT2D eigenvalue weighted by Crippen LogP contribution is -2.22. The lowest BCUT2D eigenvalue weighted by atomic mass is 9.98. The first kappa shape index (κ1) is 17.3. The summed E-state index contributed by atoms with van der Waals surface area (Å²) >= 11 is 0. The van der Waals surface area contributed by atoms with Crippen LogP contribution in [0.4, 0.5) is 0 Å². The third-order valence-electron chi connectivity index (χ3n) is 4.98. The van der Waals surface area contributed by atoms with Crippen LogP contribution in [0.5, 0.6) is 5.75 Å². The summed E-state index contributed by atoms with van der Waals surface area (Å²) in [6, 6.07) is 10.6. The third-order valence-corrected chi connectivity index (χ3v) is 4.98. The molecule has 4 rings (SSSR count). The number of benzene rings is 2. The molecule has 0 aliphatic carbocycles. The van der Waals surface area contributed by atoms with Crippen molar-refractivity contribution < 1.29 is 13.9 Å². The van der Waals surface area contributed by atoms with Crippen molar-refractivity contribution in [3.05, 3.63) is 74.6 Å². The van der Waals surface area contributed by atoms with Gasteiger partial charge in [-0.15, -0.1) is 0 Å². The Hall–Kier alpha value is -3.08. The van der Waals surface area contributed by atoms with Crippen LogP contribution >= 0.6 is 0 Å². The maximum absolute atomic E-state index is 13.2. The molecule has 1 aromatic heterocycles. The first-order chi connectivity index (χ1) is 13.0. The van der Waals surface area contributed by atoms with Gasteiger partial charge in [-0.2, -0.15) is 0 Å². The maximum atomic E-state index is 13.2. The molecule has 27 heavy (non-hydrogen) atoms. The summed E-state index contributed by atoms with van der Waals surface area (Å²) in [5.74, 6) is 0.446. The number of aryl methyl sites for hydroxylation is 2. The van der Waals surface area contributed by atoms with Crippen molar-refractivity contribution in [3.8, 4) is 5.75 Å². The topological polar surface area (TPSA) is 68.5 Å². The van der Waals surface area contributed by atoms with Crippen LogP contribution in [-0.4, -0.2) is 12.5 Å². The van der Waals surface area contributed by atoms with Gasteiger partial charge in [-0.05, 0) is 61.2 Å². The van der Waals surface area contributed by atoms with E-state index in [0.29, 0.717) is 28.9 Å². The molecule has 5 nitrogen and oxygen atoms in total. The molecule has 1 aliphatic rings. The van der Waals surface area contributed by atoms with Crippen molar-refractivity contribution in [1.29, 1.82) is 0 Å². The zero-order chi connectivity index (χ0) is 19.1. The lowest BCUT2D eigenvalue weighted by Gasteiger charge is -2.13. The van der Waals surface area contributed by atoms with Crippen molar-refractivity contribution in [3.63, 3.8) is 0 Å². The van der Waals surface area contributed by atoms with Crippen molar-refractivity contribution in [2.24, 2.45) is 0 Å². The molecule has 0 spiro atoms. The van der Waals surface area contributed by atoms with Crippen LogP contribution in [0.1, 0.15) is 52.2 Å². The second kappa shape index (κ2) is 6.58. The zero-order valence-corrected chi connectivity index (χ0v) is 15.6. The molecule has 0 fully saturated rings. The molecule has 5 heteroatoms. The van der Waals surface area contributed by atoms with Crippen LogP contribution in [0.3, 0.4) is 0 Å². The van der Waals surface area contributed by atoms with Crippen LogP contribution in [-0.2, 0) is 0 Å². The van der Waals surface area contributed by atoms with E-state index in [9.17, 15) is 9.59 Å². The van der Waals surface area contributed by atoms with Crippen LogP contribution in [0, 0.1) is 13.8 Å². The number of amides is 1. The van der Waals surface area contributed by atoms with E-state index in [1.165, 1.54) is 0 Å². The average molecular weight is 363 g/mol. The smallest absolute Gasteiger partial charge is 0.288 e. The van der Waals surface area contributed by atoms with E-state index in [2.05, 4.69) is 5.32 Å². The molecule has 0 saturated carbocycles. The van der Waals surface area contributed by atoms with Gasteiger partial charge in [0.2, 0.25) is 5.76 Å². The molecule has 3 aromatic rings. The Morgan fingerprint density at radius 3 is 2.67 bits per heavy atom. The minimum atomic E-state index is -0.542. The molecule has 1 amide bonds. The lowest BCUT2D eigenvalue weighted by molar-refractivity contribution is 0.0938. The minimum absolute atomic E-state index is 0.0978. The van der Waals surface area contributed by atoms with E-state index < -0.39 is 6.04 Å². The summed E-state index contributed by atoms with van der Waals surface area (Å²) in [6.07, 6.45) is 0.904. The second-order valence-electron chi connectivity index (χ2n) is 6.93. The Morgan fingerprint density at radius 2 is 1.89 bits per heavy atom. The van der Waals surface area contributed by atoms with Gasteiger partial charge >= 0.3 is 0 Å². The standard InChI is InChI=1S/C22H21NO4/c1-4-8-26-15-7-5-6-14(11-15)19-18-20(24)16-9-12(2)13(3)10-17(16)27-21(18)22(25)23-19/h5-7,9-11,19H,4,8H2,1-3H3,(H,23,25). The largest absolute Gasteiger partial charge is 0.494 e. The first-order valence-corrected chi connectivity index (χ1v) is 9.11. The van der Waals surface area contributed by atoms with E-state index in [0.717, 1.165) is 23.1 Å². The van der Waals surface area contributed by atoms with Gasteiger partial charge in [-0.1, -0.05) is 19.1 Å². The van der Waals surface area contributed by atoms with E-state index in [1.54, 1.807) is 0 Å². The van der Waals surface area contributed by atoms with E-state index in [1.807, 2.05) is 57.2 Å². The first-order valence-electron chi connectivity index (χ1n) is 9.11. The number of ether oxygens (including phenoxy) is 1. The quantitative estimate of drug-likeness (QED) is 0.760. The molecule has 1 atom stereocenters. The SMILES string of the molecule is CCCOc1cccc(C2NC(=O)c3oc4cc(C)c(C)cc4c(=O)c32)c1. The predicted octanol–water partition coefficient (Wildman–Crippen LogP) is 4.03. The molecule has 2 heterocycles. The van der Waals surface area contributed by atoms with Crippen molar-refractivity contribution in [1.82, 2.24) is 5.32 Å². The normalized spacial score (nSPS) is 15.7. The van der Waals surface area contributed by atoms with Gasteiger partial charge in [0.1, 0.15) is 11.3 Å².